The molecule has 4 rings (SSSR count). The number of hydrogen-bond acceptors (Lipinski definition) is 7. The molecule has 2 aliphatic rings. The summed E-state index contributed by atoms with van der Waals surface area (Å²) >= 11 is 6.70. The van der Waals surface area contributed by atoms with E-state index in [0.29, 0.717) is 52.4 Å². The molecular formula is C25H32N4O3S2. The Morgan fingerprint density at radius 3 is 2.79 bits per heavy atom. The monoisotopic (exact) mass is 500 g/mol. The van der Waals surface area contributed by atoms with Crippen LogP contribution in [0.3, 0.4) is 0 Å². The number of rotatable bonds is 8. The lowest BCUT2D eigenvalue weighted by Crippen LogP contribution is -2.30. The summed E-state index contributed by atoms with van der Waals surface area (Å²) in [5.74, 6) is 1.09. The minimum absolute atomic E-state index is 0.169. The maximum atomic E-state index is 13.6. The fraction of sp³-hybridized carbons (Fsp3) is 0.520. The summed E-state index contributed by atoms with van der Waals surface area (Å²) in [7, 11) is 0. The topological polar surface area (TPSA) is 75.9 Å². The minimum atomic E-state index is -0.193. The molecule has 3 heterocycles. The number of thioether (sulfide) groups is 1. The van der Waals surface area contributed by atoms with Crippen molar-refractivity contribution in [1.82, 2.24) is 14.3 Å². The summed E-state index contributed by atoms with van der Waals surface area (Å²) in [6.07, 6.45) is 8.48. The summed E-state index contributed by atoms with van der Waals surface area (Å²) in [4.78, 5) is 33.6. The van der Waals surface area contributed by atoms with E-state index in [4.69, 9.17) is 21.9 Å². The molecule has 0 atom stereocenters. The van der Waals surface area contributed by atoms with E-state index in [-0.39, 0.29) is 17.5 Å². The average molecular weight is 501 g/mol. The molecule has 1 aliphatic carbocycles. The van der Waals surface area contributed by atoms with Gasteiger partial charge in [0.05, 0.1) is 10.5 Å². The highest BCUT2D eigenvalue weighted by molar-refractivity contribution is 8.26. The highest BCUT2D eigenvalue weighted by Crippen LogP contribution is 2.34. The third-order valence-electron chi connectivity index (χ3n) is 6.46. The van der Waals surface area contributed by atoms with Crippen LogP contribution in [0.4, 0.5) is 5.82 Å². The molecule has 1 aliphatic heterocycles. The molecule has 0 spiro atoms. The molecule has 2 aromatic rings. The van der Waals surface area contributed by atoms with Crippen molar-refractivity contribution in [3.8, 4) is 0 Å². The normalized spacial score (nSPS) is 22.2. The van der Waals surface area contributed by atoms with E-state index in [9.17, 15) is 9.59 Å². The zero-order valence-corrected chi connectivity index (χ0v) is 21.6. The van der Waals surface area contributed by atoms with Gasteiger partial charge in [-0.3, -0.25) is 18.9 Å². The van der Waals surface area contributed by atoms with Gasteiger partial charge in [0.15, 0.2) is 0 Å². The molecule has 1 saturated carbocycles. The quantitative estimate of drug-likeness (QED) is 0.322. The fourth-order valence-corrected chi connectivity index (χ4v) is 5.73. The smallest absolute Gasteiger partial charge is 0.267 e. The van der Waals surface area contributed by atoms with Crippen molar-refractivity contribution in [3.05, 3.63) is 44.7 Å². The Labute approximate surface area is 210 Å². The van der Waals surface area contributed by atoms with Crippen LogP contribution in [0.1, 0.15) is 57.1 Å². The summed E-state index contributed by atoms with van der Waals surface area (Å²) in [5.41, 5.74) is 1.76. The van der Waals surface area contributed by atoms with Crippen LogP contribution < -0.4 is 10.9 Å². The van der Waals surface area contributed by atoms with E-state index < -0.39 is 0 Å². The SMILES string of the molecule is CCOCCCN1C(=O)C(=Cc2c(NC3CCC(C)CC3)nc3c(C)cccn3c2=O)SC1=S. The molecule has 2 aromatic heterocycles. The van der Waals surface area contributed by atoms with E-state index in [1.165, 1.54) is 11.8 Å². The van der Waals surface area contributed by atoms with Gasteiger partial charge in [-0.05, 0) is 69.6 Å². The Hall–Kier alpha value is -2.23. The first-order chi connectivity index (χ1) is 16.4. The number of thiocarbonyl (C=S) groups is 1. The standard InChI is InChI=1S/C25H32N4O3S2/c1-4-32-14-6-13-29-24(31)20(34-25(29)33)15-19-21(26-18-10-8-16(2)9-11-18)27-22-17(3)7-5-12-28(22)23(19)30/h5,7,12,15-16,18,26H,4,6,8-11,13-14H2,1-3H3. The number of nitrogens with one attached hydrogen (secondary N) is 1. The zero-order valence-electron chi connectivity index (χ0n) is 20.0. The fourth-order valence-electron chi connectivity index (χ4n) is 4.44. The average Bonchev–Trinajstić information content (AvgIpc) is 3.08. The number of hydrogen-bond donors (Lipinski definition) is 1. The van der Waals surface area contributed by atoms with Gasteiger partial charge in [0.2, 0.25) is 0 Å². The predicted molar refractivity (Wildman–Crippen MR) is 142 cm³/mol. The van der Waals surface area contributed by atoms with Crippen LogP contribution >= 0.6 is 24.0 Å². The van der Waals surface area contributed by atoms with E-state index in [2.05, 4.69) is 12.2 Å². The number of pyridine rings is 1. The van der Waals surface area contributed by atoms with Crippen LogP contribution in [-0.2, 0) is 9.53 Å². The van der Waals surface area contributed by atoms with Gasteiger partial charge >= 0.3 is 0 Å². The van der Waals surface area contributed by atoms with E-state index in [0.717, 1.165) is 37.2 Å². The lowest BCUT2D eigenvalue weighted by molar-refractivity contribution is -0.122. The second-order valence-electron chi connectivity index (χ2n) is 9.05. The lowest BCUT2D eigenvalue weighted by Gasteiger charge is -2.28. The molecule has 0 bridgehead atoms. The van der Waals surface area contributed by atoms with Crippen molar-refractivity contribution in [3.63, 3.8) is 0 Å². The summed E-state index contributed by atoms with van der Waals surface area (Å²) in [6.45, 7) is 7.90. The van der Waals surface area contributed by atoms with Gasteiger partial charge in [-0.15, -0.1) is 0 Å². The van der Waals surface area contributed by atoms with Gasteiger partial charge in [0, 0.05) is 32.0 Å². The number of aryl methyl sites for hydroxylation is 1. The highest BCUT2D eigenvalue weighted by Gasteiger charge is 2.32. The van der Waals surface area contributed by atoms with Crippen molar-refractivity contribution in [1.29, 1.82) is 0 Å². The van der Waals surface area contributed by atoms with Crippen molar-refractivity contribution >= 4 is 51.7 Å². The molecule has 34 heavy (non-hydrogen) atoms. The van der Waals surface area contributed by atoms with Crippen molar-refractivity contribution in [2.75, 3.05) is 25.1 Å². The maximum Gasteiger partial charge on any atom is 0.267 e. The summed E-state index contributed by atoms with van der Waals surface area (Å²) in [6, 6.07) is 4.04. The third-order valence-corrected chi connectivity index (χ3v) is 7.84. The highest BCUT2D eigenvalue weighted by atomic mass is 32.2. The van der Waals surface area contributed by atoms with E-state index in [1.807, 2.05) is 26.0 Å². The number of fused-ring (bicyclic) bond motifs is 1. The largest absolute Gasteiger partial charge is 0.382 e. The van der Waals surface area contributed by atoms with Crippen LogP contribution in [0.2, 0.25) is 0 Å². The second-order valence-corrected chi connectivity index (χ2v) is 10.7. The van der Waals surface area contributed by atoms with Gasteiger partial charge in [-0.25, -0.2) is 4.98 Å². The third kappa shape index (κ3) is 5.37. The van der Waals surface area contributed by atoms with E-state index in [1.54, 1.807) is 21.6 Å². The first kappa shape index (κ1) is 24.9. The lowest BCUT2D eigenvalue weighted by atomic mass is 9.87. The van der Waals surface area contributed by atoms with Gasteiger partial charge in [0.1, 0.15) is 15.8 Å². The van der Waals surface area contributed by atoms with Crippen molar-refractivity contribution in [2.45, 2.75) is 58.9 Å². The van der Waals surface area contributed by atoms with Gasteiger partial charge in [-0.2, -0.15) is 0 Å². The first-order valence-corrected chi connectivity index (χ1v) is 13.2. The summed E-state index contributed by atoms with van der Waals surface area (Å²) in [5, 5.41) is 3.54. The van der Waals surface area contributed by atoms with Crippen LogP contribution in [-0.4, -0.2) is 50.3 Å². The van der Waals surface area contributed by atoms with Crippen molar-refractivity contribution in [2.24, 2.45) is 5.92 Å². The minimum Gasteiger partial charge on any atom is -0.382 e. The molecule has 0 unspecified atom stereocenters. The Morgan fingerprint density at radius 2 is 2.06 bits per heavy atom. The predicted octanol–water partition coefficient (Wildman–Crippen LogP) is 4.62. The Morgan fingerprint density at radius 1 is 1.29 bits per heavy atom. The number of amides is 1. The molecule has 1 amide bonds. The number of aromatic nitrogens is 2. The Bertz CT molecular complexity index is 1170. The molecule has 9 heteroatoms. The molecule has 1 saturated heterocycles. The molecule has 0 aromatic carbocycles. The van der Waals surface area contributed by atoms with E-state index >= 15 is 0 Å². The number of carbonyl (C=O) groups is 1. The number of ether oxygens (including phenoxy) is 1. The molecule has 182 valence electrons. The van der Waals surface area contributed by atoms with Crippen LogP contribution in [0.25, 0.3) is 11.7 Å². The molecule has 0 radical (unpaired) electrons. The van der Waals surface area contributed by atoms with Gasteiger partial charge < -0.3 is 10.1 Å². The zero-order chi connectivity index (χ0) is 24.2. The van der Waals surface area contributed by atoms with Gasteiger partial charge in [-0.1, -0.05) is 37.0 Å². The molecular weight excluding hydrogens is 468 g/mol. The number of nitrogens with zero attached hydrogens (tertiary/aromatic N) is 3. The molecule has 7 nitrogen and oxygen atoms in total. The van der Waals surface area contributed by atoms with Crippen LogP contribution in [0.15, 0.2) is 28.0 Å². The second kappa shape index (κ2) is 11.0. The molecule has 2 fully saturated rings. The number of anilines is 1. The Balaban J connectivity index is 1.68. The first-order valence-electron chi connectivity index (χ1n) is 12.0. The van der Waals surface area contributed by atoms with Crippen LogP contribution in [0, 0.1) is 12.8 Å². The Kier molecular flexibility index (Phi) is 8.06. The maximum absolute atomic E-state index is 13.6. The number of carbonyl (C=O) groups excluding carboxylic acids is 1. The van der Waals surface area contributed by atoms with Crippen molar-refractivity contribution < 1.29 is 9.53 Å². The molecule has 1 N–H and O–H groups in total. The van der Waals surface area contributed by atoms with Gasteiger partial charge in [0.25, 0.3) is 11.5 Å². The summed E-state index contributed by atoms with van der Waals surface area (Å²) < 4.78 is 7.45. The van der Waals surface area contributed by atoms with Crippen LogP contribution in [0.5, 0.6) is 0 Å².